The fourth-order valence-electron chi connectivity index (χ4n) is 4.47. The number of aliphatic hydroxyl groups excluding tert-OH is 1. The Morgan fingerprint density at radius 2 is 1.76 bits per heavy atom. The second-order valence-electron chi connectivity index (χ2n) is 8.54. The number of sulfonamides is 1. The standard InChI is InChI=1S/C23H31N5O4S/c1-25-33(31,32)20-6-7-22(28-9-8-17(15-28)16-29)21(14-20)23(30)27-12-10-26(11-13-27)19-4-2-18(24)3-5-19/h2-7,14,17,25,29H,8-13,15-16,24H2,1H3. The molecule has 4 N–H and O–H groups in total. The van der Waals surface area contributed by atoms with Crippen molar-refractivity contribution in [1.82, 2.24) is 9.62 Å². The molecule has 0 bridgehead atoms. The number of aliphatic hydroxyl groups is 1. The maximum absolute atomic E-state index is 13.6. The number of nitrogens with zero attached hydrogens (tertiary/aromatic N) is 3. The van der Waals surface area contributed by atoms with Gasteiger partial charge in [-0.3, -0.25) is 4.79 Å². The van der Waals surface area contributed by atoms with Crippen LogP contribution in [0.2, 0.25) is 0 Å². The number of benzene rings is 2. The van der Waals surface area contributed by atoms with Crippen molar-refractivity contribution in [2.75, 3.05) is 68.5 Å². The molecule has 4 rings (SSSR count). The molecule has 2 aliphatic heterocycles. The maximum atomic E-state index is 13.6. The van der Waals surface area contributed by atoms with Crippen molar-refractivity contribution in [1.29, 1.82) is 0 Å². The fraction of sp³-hybridized carbons (Fsp3) is 0.435. The van der Waals surface area contributed by atoms with Crippen molar-refractivity contribution in [3.8, 4) is 0 Å². The molecular formula is C23H31N5O4S. The van der Waals surface area contributed by atoms with E-state index in [2.05, 4.69) is 14.5 Å². The second-order valence-corrected chi connectivity index (χ2v) is 10.4. The SMILES string of the molecule is CNS(=O)(=O)c1ccc(N2CCC(CO)C2)c(C(=O)N2CCN(c3ccc(N)cc3)CC2)c1. The number of amides is 1. The Balaban J connectivity index is 1.57. The molecule has 2 aromatic rings. The van der Waals surface area contributed by atoms with Crippen LogP contribution in [0.25, 0.3) is 0 Å². The first kappa shape index (κ1) is 23.3. The van der Waals surface area contributed by atoms with Gasteiger partial charge in [-0.1, -0.05) is 0 Å². The van der Waals surface area contributed by atoms with Crippen molar-refractivity contribution < 1.29 is 18.3 Å². The van der Waals surface area contributed by atoms with E-state index in [1.165, 1.54) is 19.2 Å². The Labute approximate surface area is 194 Å². The fourth-order valence-corrected chi connectivity index (χ4v) is 5.23. The average molecular weight is 474 g/mol. The molecule has 1 atom stereocenters. The van der Waals surface area contributed by atoms with Gasteiger partial charge in [-0.2, -0.15) is 0 Å². The number of nitrogens with one attached hydrogen (secondary N) is 1. The third kappa shape index (κ3) is 4.92. The van der Waals surface area contributed by atoms with Crippen molar-refractivity contribution in [2.45, 2.75) is 11.3 Å². The largest absolute Gasteiger partial charge is 0.399 e. The van der Waals surface area contributed by atoms with Gasteiger partial charge in [0, 0.05) is 68.9 Å². The summed E-state index contributed by atoms with van der Waals surface area (Å²) in [7, 11) is -2.33. The number of hydrogen-bond acceptors (Lipinski definition) is 7. The van der Waals surface area contributed by atoms with Gasteiger partial charge in [0.05, 0.1) is 10.5 Å². The van der Waals surface area contributed by atoms with Crippen LogP contribution in [-0.2, 0) is 10.0 Å². The number of nitrogen functional groups attached to an aromatic ring is 1. The predicted octanol–water partition coefficient (Wildman–Crippen LogP) is 0.958. The van der Waals surface area contributed by atoms with Crippen LogP contribution < -0.4 is 20.3 Å². The van der Waals surface area contributed by atoms with E-state index in [9.17, 15) is 18.3 Å². The van der Waals surface area contributed by atoms with Crippen molar-refractivity contribution in [2.24, 2.45) is 5.92 Å². The van der Waals surface area contributed by atoms with Crippen molar-refractivity contribution in [3.05, 3.63) is 48.0 Å². The predicted molar refractivity (Wildman–Crippen MR) is 129 cm³/mol. The molecule has 10 heteroatoms. The molecule has 9 nitrogen and oxygen atoms in total. The molecule has 0 aromatic heterocycles. The minimum atomic E-state index is -3.69. The molecule has 0 aliphatic carbocycles. The van der Waals surface area contributed by atoms with Crippen LogP contribution in [0.15, 0.2) is 47.4 Å². The van der Waals surface area contributed by atoms with E-state index in [1.807, 2.05) is 24.3 Å². The molecule has 0 saturated carbocycles. The third-order valence-corrected chi connectivity index (χ3v) is 7.90. The van der Waals surface area contributed by atoms with E-state index in [0.717, 1.165) is 12.1 Å². The molecule has 2 heterocycles. The lowest BCUT2D eigenvalue weighted by Crippen LogP contribution is -2.49. The lowest BCUT2D eigenvalue weighted by Gasteiger charge is -2.37. The quantitative estimate of drug-likeness (QED) is 0.535. The number of piperazine rings is 1. The summed E-state index contributed by atoms with van der Waals surface area (Å²) >= 11 is 0. The highest BCUT2D eigenvalue weighted by Crippen LogP contribution is 2.30. The Morgan fingerprint density at radius 1 is 1.06 bits per heavy atom. The molecule has 33 heavy (non-hydrogen) atoms. The van der Waals surface area contributed by atoms with E-state index >= 15 is 0 Å². The van der Waals surface area contributed by atoms with Crippen LogP contribution in [0.1, 0.15) is 16.8 Å². The second kappa shape index (κ2) is 9.58. The first-order valence-corrected chi connectivity index (χ1v) is 12.6. The first-order chi connectivity index (χ1) is 15.8. The Bertz CT molecular complexity index is 1100. The van der Waals surface area contributed by atoms with Gasteiger partial charge in [-0.05, 0) is 55.9 Å². The van der Waals surface area contributed by atoms with Gasteiger partial charge < -0.3 is 25.5 Å². The molecule has 0 radical (unpaired) electrons. The molecule has 1 unspecified atom stereocenters. The summed E-state index contributed by atoms with van der Waals surface area (Å²) in [6.07, 6.45) is 0.834. The zero-order chi connectivity index (χ0) is 23.6. The molecule has 2 fully saturated rings. The molecular weight excluding hydrogens is 442 g/mol. The van der Waals surface area contributed by atoms with E-state index < -0.39 is 10.0 Å². The molecule has 178 valence electrons. The van der Waals surface area contributed by atoms with Crippen LogP contribution in [-0.4, -0.2) is 77.3 Å². The lowest BCUT2D eigenvalue weighted by molar-refractivity contribution is 0.0747. The van der Waals surface area contributed by atoms with Crippen LogP contribution >= 0.6 is 0 Å². The van der Waals surface area contributed by atoms with Gasteiger partial charge in [0.1, 0.15) is 0 Å². The Kier molecular flexibility index (Phi) is 6.78. The molecule has 0 spiro atoms. The summed E-state index contributed by atoms with van der Waals surface area (Å²) in [6.45, 7) is 3.87. The van der Waals surface area contributed by atoms with E-state index in [-0.39, 0.29) is 23.3 Å². The smallest absolute Gasteiger partial charge is 0.256 e. The molecule has 2 aromatic carbocycles. The minimum absolute atomic E-state index is 0.0653. The Hall–Kier alpha value is -2.82. The van der Waals surface area contributed by atoms with Crippen molar-refractivity contribution in [3.63, 3.8) is 0 Å². The number of carbonyl (C=O) groups is 1. The van der Waals surface area contributed by atoms with Gasteiger partial charge in [0.15, 0.2) is 0 Å². The van der Waals surface area contributed by atoms with E-state index in [0.29, 0.717) is 56.2 Å². The summed E-state index contributed by atoms with van der Waals surface area (Å²) < 4.78 is 27.1. The normalized spacial score (nSPS) is 19.2. The topological polar surface area (TPSA) is 119 Å². The maximum Gasteiger partial charge on any atom is 0.256 e. The van der Waals surface area contributed by atoms with Gasteiger partial charge in [0.25, 0.3) is 5.91 Å². The van der Waals surface area contributed by atoms with Gasteiger partial charge in [0.2, 0.25) is 10.0 Å². The van der Waals surface area contributed by atoms with Crippen molar-refractivity contribution >= 4 is 33.0 Å². The van der Waals surface area contributed by atoms with Crippen LogP contribution in [0, 0.1) is 5.92 Å². The first-order valence-electron chi connectivity index (χ1n) is 11.2. The van der Waals surface area contributed by atoms with E-state index in [4.69, 9.17) is 5.73 Å². The van der Waals surface area contributed by atoms with Crippen LogP contribution in [0.3, 0.4) is 0 Å². The summed E-state index contributed by atoms with van der Waals surface area (Å²) in [5.74, 6) is -0.0281. The highest BCUT2D eigenvalue weighted by Gasteiger charge is 2.30. The van der Waals surface area contributed by atoms with Gasteiger partial charge in [-0.25, -0.2) is 13.1 Å². The zero-order valence-corrected chi connectivity index (χ0v) is 19.6. The Morgan fingerprint density at radius 3 is 2.36 bits per heavy atom. The number of carbonyl (C=O) groups excluding carboxylic acids is 1. The summed E-state index contributed by atoms with van der Waals surface area (Å²) in [5.41, 5.74) is 8.65. The average Bonchev–Trinajstić information content (AvgIpc) is 3.33. The van der Waals surface area contributed by atoms with Gasteiger partial charge in [-0.15, -0.1) is 0 Å². The third-order valence-electron chi connectivity index (χ3n) is 6.49. The number of rotatable bonds is 6. The highest BCUT2D eigenvalue weighted by molar-refractivity contribution is 7.89. The zero-order valence-electron chi connectivity index (χ0n) is 18.8. The monoisotopic (exact) mass is 473 g/mol. The van der Waals surface area contributed by atoms with Crippen LogP contribution in [0.4, 0.5) is 17.1 Å². The number of nitrogens with two attached hydrogens (primary N) is 1. The summed E-state index contributed by atoms with van der Waals surface area (Å²) in [6, 6.07) is 12.4. The number of anilines is 3. The highest BCUT2D eigenvalue weighted by atomic mass is 32.2. The van der Waals surface area contributed by atoms with Crippen LogP contribution in [0.5, 0.6) is 0 Å². The van der Waals surface area contributed by atoms with E-state index in [1.54, 1.807) is 11.0 Å². The summed E-state index contributed by atoms with van der Waals surface area (Å²) in [5, 5.41) is 9.53. The summed E-state index contributed by atoms with van der Waals surface area (Å²) in [4.78, 5) is 19.7. The minimum Gasteiger partial charge on any atom is -0.399 e. The molecule has 2 saturated heterocycles. The van der Waals surface area contributed by atoms with Gasteiger partial charge >= 0.3 is 0 Å². The molecule has 2 aliphatic rings. The molecule has 1 amide bonds. The number of hydrogen-bond donors (Lipinski definition) is 3. The lowest BCUT2D eigenvalue weighted by atomic mass is 10.1.